The normalized spacial score (nSPS) is 24.7. The summed E-state index contributed by atoms with van der Waals surface area (Å²) in [6.45, 7) is 3.30. The molecule has 1 spiro atoms. The van der Waals surface area contributed by atoms with E-state index in [1.165, 1.54) is 11.1 Å². The van der Waals surface area contributed by atoms with E-state index < -0.39 is 0 Å². The van der Waals surface area contributed by atoms with E-state index in [0.29, 0.717) is 13.1 Å². The van der Waals surface area contributed by atoms with Gasteiger partial charge < -0.3 is 4.90 Å². The van der Waals surface area contributed by atoms with Crippen molar-refractivity contribution in [3.05, 3.63) is 47.3 Å². The number of hydrogen-bond donors (Lipinski definition) is 0. The van der Waals surface area contributed by atoms with Gasteiger partial charge in [0, 0.05) is 31.1 Å². The van der Waals surface area contributed by atoms with Gasteiger partial charge in [-0.2, -0.15) is 0 Å². The molecule has 1 aromatic carbocycles. The lowest BCUT2D eigenvalue weighted by molar-refractivity contribution is -0.133. The number of aryl methyl sites for hydroxylation is 2. The first-order valence-electron chi connectivity index (χ1n) is 8.36. The number of rotatable bonds is 4. The van der Waals surface area contributed by atoms with Crippen molar-refractivity contribution in [3.8, 4) is 0 Å². The Balaban J connectivity index is 1.52. The molecule has 2 aromatic rings. The van der Waals surface area contributed by atoms with Crippen molar-refractivity contribution in [1.29, 1.82) is 0 Å². The highest BCUT2D eigenvalue weighted by atomic mass is 16.2. The molecule has 2 atom stereocenters. The van der Waals surface area contributed by atoms with E-state index >= 15 is 0 Å². The van der Waals surface area contributed by atoms with Crippen LogP contribution in [0, 0.1) is 5.92 Å². The average molecular weight is 310 g/mol. The standard InChI is InChI=1S/C18H22N4O/c1-3-22(12-14-11-21(2)20-19-14)17(23)16-10-18(16)9-8-13-6-4-5-7-15(13)18/h4-7,11,16H,3,8-10,12H2,1-2H3. The van der Waals surface area contributed by atoms with Crippen LogP contribution in [-0.4, -0.2) is 32.3 Å². The highest BCUT2D eigenvalue weighted by Crippen LogP contribution is 2.62. The fraction of sp³-hybridized carbons (Fsp3) is 0.500. The molecule has 0 radical (unpaired) electrons. The monoisotopic (exact) mass is 310 g/mol. The maximum atomic E-state index is 13.0. The molecule has 0 N–H and O–H groups in total. The van der Waals surface area contributed by atoms with E-state index in [1.807, 2.05) is 25.1 Å². The molecular weight excluding hydrogens is 288 g/mol. The fourth-order valence-electron chi connectivity index (χ4n) is 4.15. The Hall–Kier alpha value is -2.17. The second-order valence-corrected chi connectivity index (χ2v) is 6.81. The molecule has 1 amide bonds. The molecule has 4 rings (SSSR count). The van der Waals surface area contributed by atoms with Crippen molar-refractivity contribution < 1.29 is 4.79 Å². The minimum Gasteiger partial charge on any atom is -0.337 e. The third kappa shape index (κ3) is 2.26. The zero-order valence-electron chi connectivity index (χ0n) is 13.7. The van der Waals surface area contributed by atoms with E-state index in [2.05, 4.69) is 34.6 Å². The zero-order valence-corrected chi connectivity index (χ0v) is 13.7. The van der Waals surface area contributed by atoms with Crippen LogP contribution in [0.4, 0.5) is 0 Å². The topological polar surface area (TPSA) is 51.0 Å². The molecule has 1 heterocycles. The van der Waals surface area contributed by atoms with Gasteiger partial charge >= 0.3 is 0 Å². The first-order valence-corrected chi connectivity index (χ1v) is 8.36. The molecule has 0 bridgehead atoms. The number of nitrogens with zero attached hydrogens (tertiary/aromatic N) is 4. The largest absolute Gasteiger partial charge is 0.337 e. The summed E-state index contributed by atoms with van der Waals surface area (Å²) >= 11 is 0. The van der Waals surface area contributed by atoms with E-state index in [1.54, 1.807) is 4.68 Å². The minimum absolute atomic E-state index is 0.115. The molecule has 120 valence electrons. The van der Waals surface area contributed by atoms with Crippen LogP contribution in [0.3, 0.4) is 0 Å². The summed E-state index contributed by atoms with van der Waals surface area (Å²) in [6.07, 6.45) is 5.10. The quantitative estimate of drug-likeness (QED) is 0.868. The van der Waals surface area contributed by atoms with Crippen LogP contribution in [-0.2, 0) is 30.2 Å². The van der Waals surface area contributed by atoms with Crippen molar-refractivity contribution in [2.45, 2.75) is 38.1 Å². The number of amides is 1. The predicted molar refractivity (Wildman–Crippen MR) is 86.6 cm³/mol. The Bertz CT molecular complexity index is 753. The second-order valence-electron chi connectivity index (χ2n) is 6.81. The van der Waals surface area contributed by atoms with Crippen molar-refractivity contribution in [1.82, 2.24) is 19.9 Å². The van der Waals surface area contributed by atoms with Gasteiger partial charge in [0.2, 0.25) is 5.91 Å². The van der Waals surface area contributed by atoms with Crippen molar-refractivity contribution >= 4 is 5.91 Å². The first-order chi connectivity index (χ1) is 11.1. The molecule has 5 heteroatoms. The van der Waals surface area contributed by atoms with Gasteiger partial charge in [-0.05, 0) is 37.3 Å². The summed E-state index contributed by atoms with van der Waals surface area (Å²) in [4.78, 5) is 14.9. The van der Waals surface area contributed by atoms with E-state index in [0.717, 1.165) is 25.0 Å². The number of benzene rings is 1. The maximum Gasteiger partial charge on any atom is 0.226 e. The zero-order chi connectivity index (χ0) is 16.0. The van der Waals surface area contributed by atoms with Crippen LogP contribution >= 0.6 is 0 Å². The van der Waals surface area contributed by atoms with Gasteiger partial charge in [0.05, 0.1) is 6.54 Å². The molecule has 5 nitrogen and oxygen atoms in total. The summed E-state index contributed by atoms with van der Waals surface area (Å²) in [5.41, 5.74) is 3.81. The van der Waals surface area contributed by atoms with Crippen molar-refractivity contribution in [2.24, 2.45) is 13.0 Å². The number of hydrogen-bond acceptors (Lipinski definition) is 3. The fourth-order valence-corrected chi connectivity index (χ4v) is 4.15. The summed E-state index contributed by atoms with van der Waals surface area (Å²) in [6, 6.07) is 8.63. The molecule has 1 fully saturated rings. The third-order valence-electron chi connectivity index (χ3n) is 5.46. The molecule has 23 heavy (non-hydrogen) atoms. The molecular formula is C18H22N4O. The van der Waals surface area contributed by atoms with Crippen LogP contribution in [0.5, 0.6) is 0 Å². The number of carbonyl (C=O) groups excluding carboxylic acids is 1. The number of aromatic nitrogens is 3. The Morgan fingerprint density at radius 1 is 1.43 bits per heavy atom. The molecule has 1 saturated carbocycles. The van der Waals surface area contributed by atoms with Gasteiger partial charge in [0.1, 0.15) is 5.69 Å². The van der Waals surface area contributed by atoms with Crippen LogP contribution in [0.1, 0.15) is 36.6 Å². The number of fused-ring (bicyclic) bond motifs is 2. The van der Waals surface area contributed by atoms with Gasteiger partial charge in [-0.15, -0.1) is 5.10 Å². The summed E-state index contributed by atoms with van der Waals surface area (Å²) in [5, 5.41) is 8.06. The highest BCUT2D eigenvalue weighted by Gasteiger charge is 2.61. The minimum atomic E-state index is 0.115. The van der Waals surface area contributed by atoms with Crippen molar-refractivity contribution in [3.63, 3.8) is 0 Å². The molecule has 2 unspecified atom stereocenters. The maximum absolute atomic E-state index is 13.0. The summed E-state index contributed by atoms with van der Waals surface area (Å²) in [7, 11) is 1.85. The Labute approximate surface area is 136 Å². The van der Waals surface area contributed by atoms with Gasteiger partial charge in [-0.25, -0.2) is 0 Å². The lowest BCUT2D eigenvalue weighted by atomic mass is 9.95. The van der Waals surface area contributed by atoms with Gasteiger partial charge in [-0.1, -0.05) is 29.5 Å². The van der Waals surface area contributed by atoms with Crippen LogP contribution in [0.25, 0.3) is 0 Å². The lowest BCUT2D eigenvalue weighted by Gasteiger charge is -2.21. The van der Waals surface area contributed by atoms with Gasteiger partial charge in [-0.3, -0.25) is 9.48 Å². The highest BCUT2D eigenvalue weighted by molar-refractivity contribution is 5.85. The molecule has 0 aliphatic heterocycles. The van der Waals surface area contributed by atoms with Crippen LogP contribution < -0.4 is 0 Å². The lowest BCUT2D eigenvalue weighted by Crippen LogP contribution is -2.33. The van der Waals surface area contributed by atoms with Crippen LogP contribution in [0.15, 0.2) is 30.5 Å². The summed E-state index contributed by atoms with van der Waals surface area (Å²) < 4.78 is 1.68. The van der Waals surface area contributed by atoms with E-state index in [-0.39, 0.29) is 17.2 Å². The second kappa shape index (κ2) is 5.18. The van der Waals surface area contributed by atoms with E-state index in [9.17, 15) is 4.79 Å². The Kier molecular flexibility index (Phi) is 3.25. The first kappa shape index (κ1) is 14.4. The van der Waals surface area contributed by atoms with Gasteiger partial charge in [0.25, 0.3) is 0 Å². The SMILES string of the molecule is CCN(Cc1cn(C)nn1)C(=O)C1CC12CCc1ccccc12. The molecule has 2 aliphatic rings. The molecule has 0 saturated heterocycles. The average Bonchev–Trinajstić information content (AvgIpc) is 2.97. The van der Waals surface area contributed by atoms with Crippen LogP contribution in [0.2, 0.25) is 0 Å². The third-order valence-corrected chi connectivity index (χ3v) is 5.46. The van der Waals surface area contributed by atoms with Crippen molar-refractivity contribution in [2.75, 3.05) is 6.54 Å². The number of carbonyl (C=O) groups is 1. The Morgan fingerprint density at radius 3 is 3.00 bits per heavy atom. The van der Waals surface area contributed by atoms with E-state index in [4.69, 9.17) is 0 Å². The molecule has 2 aliphatic carbocycles. The molecule has 1 aromatic heterocycles. The predicted octanol–water partition coefficient (Wildman–Crippen LogP) is 2.07. The Morgan fingerprint density at radius 2 is 2.26 bits per heavy atom. The van der Waals surface area contributed by atoms with Gasteiger partial charge in [0.15, 0.2) is 0 Å². The summed E-state index contributed by atoms with van der Waals surface area (Å²) in [5.74, 6) is 0.414. The smallest absolute Gasteiger partial charge is 0.226 e.